The Hall–Kier alpha value is -1.89. The van der Waals surface area contributed by atoms with Gasteiger partial charge in [-0.05, 0) is 37.9 Å². The van der Waals surface area contributed by atoms with Crippen molar-refractivity contribution in [3.63, 3.8) is 0 Å². The summed E-state index contributed by atoms with van der Waals surface area (Å²) in [6.07, 6.45) is 0.0880. The number of halogens is 3. The third kappa shape index (κ3) is 3.72. The molecular formula is C16H19F3N4. The molecule has 3 heterocycles. The number of imidazole rings is 1. The Morgan fingerprint density at radius 2 is 2.17 bits per heavy atom. The first kappa shape index (κ1) is 16.0. The summed E-state index contributed by atoms with van der Waals surface area (Å²) >= 11 is 0. The number of hydrogen-bond acceptors (Lipinski definition) is 3. The summed E-state index contributed by atoms with van der Waals surface area (Å²) in [4.78, 5) is 12.9. The van der Waals surface area contributed by atoms with Crippen LogP contribution in [0.1, 0.15) is 41.5 Å². The third-order valence-corrected chi connectivity index (χ3v) is 4.30. The number of alkyl halides is 3. The molecule has 1 saturated heterocycles. The molecule has 1 aliphatic rings. The van der Waals surface area contributed by atoms with Gasteiger partial charge in [0.2, 0.25) is 0 Å². The minimum Gasteiger partial charge on any atom is -0.338 e. The van der Waals surface area contributed by atoms with Crippen molar-refractivity contribution >= 4 is 0 Å². The lowest BCUT2D eigenvalue weighted by Crippen LogP contribution is -2.34. The third-order valence-electron chi connectivity index (χ3n) is 4.30. The summed E-state index contributed by atoms with van der Waals surface area (Å²) in [5.74, 6) is 0.446. The molecule has 0 bridgehead atoms. The number of nitrogens with zero attached hydrogens (tertiary/aromatic N) is 3. The average molecular weight is 324 g/mol. The molecule has 0 saturated carbocycles. The molecule has 124 valence electrons. The van der Waals surface area contributed by atoms with Crippen molar-refractivity contribution in [2.75, 3.05) is 13.1 Å². The Labute approximate surface area is 132 Å². The molecule has 2 aromatic heterocycles. The van der Waals surface area contributed by atoms with Crippen LogP contribution in [0.15, 0.2) is 24.5 Å². The van der Waals surface area contributed by atoms with Gasteiger partial charge < -0.3 is 4.98 Å². The highest BCUT2D eigenvalue weighted by Gasteiger charge is 2.34. The van der Waals surface area contributed by atoms with Crippen LogP contribution in [0.2, 0.25) is 0 Å². The number of piperidine rings is 1. The van der Waals surface area contributed by atoms with E-state index in [-0.39, 0.29) is 5.92 Å². The van der Waals surface area contributed by atoms with Crippen LogP contribution < -0.4 is 0 Å². The van der Waals surface area contributed by atoms with Crippen LogP contribution in [0.5, 0.6) is 0 Å². The van der Waals surface area contributed by atoms with Crippen molar-refractivity contribution in [3.8, 4) is 0 Å². The van der Waals surface area contributed by atoms with Crippen molar-refractivity contribution in [1.82, 2.24) is 19.9 Å². The van der Waals surface area contributed by atoms with Gasteiger partial charge in [0.15, 0.2) is 0 Å². The van der Waals surface area contributed by atoms with Gasteiger partial charge in [-0.15, -0.1) is 0 Å². The number of aromatic nitrogens is 3. The van der Waals surface area contributed by atoms with E-state index in [0.29, 0.717) is 12.4 Å². The molecule has 2 aromatic rings. The highest BCUT2D eigenvalue weighted by Crippen LogP contribution is 2.31. The van der Waals surface area contributed by atoms with E-state index in [0.717, 1.165) is 43.4 Å². The summed E-state index contributed by atoms with van der Waals surface area (Å²) in [6.45, 7) is 4.39. The number of likely N-dealkylation sites (tertiary alicyclic amines) is 1. The van der Waals surface area contributed by atoms with Gasteiger partial charge >= 0.3 is 6.18 Å². The Bertz CT molecular complexity index is 665. The first-order valence-corrected chi connectivity index (χ1v) is 7.68. The van der Waals surface area contributed by atoms with E-state index in [1.807, 2.05) is 19.1 Å². The standard InChI is InChI=1S/C16H19F3N4/c1-11-12(4-2-6-20-11)9-23-7-3-5-13(10-23)15-21-8-14(22-15)16(17,18)19/h2,4,6,8,13H,3,5,7,9-10H2,1H3,(H,21,22). The molecule has 1 fully saturated rings. The molecule has 0 aromatic carbocycles. The molecule has 0 amide bonds. The van der Waals surface area contributed by atoms with E-state index in [4.69, 9.17) is 0 Å². The fourth-order valence-corrected chi connectivity index (χ4v) is 3.04. The summed E-state index contributed by atoms with van der Waals surface area (Å²) in [5, 5.41) is 0. The average Bonchev–Trinajstić information content (AvgIpc) is 3.00. The van der Waals surface area contributed by atoms with Crippen LogP contribution in [-0.4, -0.2) is 32.9 Å². The van der Waals surface area contributed by atoms with Crippen molar-refractivity contribution in [2.45, 2.75) is 38.4 Å². The van der Waals surface area contributed by atoms with Crippen LogP contribution >= 0.6 is 0 Å². The molecule has 1 N–H and O–H groups in total. The minimum atomic E-state index is -4.37. The Kier molecular flexibility index (Phi) is 4.39. The Morgan fingerprint density at radius 1 is 1.35 bits per heavy atom. The zero-order valence-electron chi connectivity index (χ0n) is 12.9. The van der Waals surface area contributed by atoms with Crippen LogP contribution in [0.4, 0.5) is 13.2 Å². The summed E-state index contributed by atoms with van der Waals surface area (Å²) < 4.78 is 38.1. The lowest BCUT2D eigenvalue weighted by molar-refractivity contribution is -0.141. The second-order valence-corrected chi connectivity index (χ2v) is 6.00. The maximum absolute atomic E-state index is 12.7. The summed E-state index contributed by atoms with van der Waals surface area (Å²) in [5.41, 5.74) is 1.38. The maximum atomic E-state index is 12.7. The molecule has 7 heteroatoms. The molecular weight excluding hydrogens is 305 g/mol. The first-order chi connectivity index (χ1) is 10.9. The maximum Gasteiger partial charge on any atom is 0.432 e. The number of hydrogen-bond donors (Lipinski definition) is 1. The van der Waals surface area contributed by atoms with Gasteiger partial charge in [-0.3, -0.25) is 9.88 Å². The van der Waals surface area contributed by atoms with E-state index >= 15 is 0 Å². The SMILES string of the molecule is Cc1ncccc1CN1CCCC(c2ncc(C(F)(F)F)[nH]2)C1. The van der Waals surface area contributed by atoms with Crippen molar-refractivity contribution < 1.29 is 13.2 Å². The highest BCUT2D eigenvalue weighted by molar-refractivity contribution is 5.18. The second-order valence-electron chi connectivity index (χ2n) is 6.00. The largest absolute Gasteiger partial charge is 0.432 e. The van der Waals surface area contributed by atoms with Gasteiger partial charge in [0.1, 0.15) is 11.5 Å². The molecule has 0 radical (unpaired) electrons. The van der Waals surface area contributed by atoms with E-state index < -0.39 is 11.9 Å². The zero-order valence-corrected chi connectivity index (χ0v) is 12.9. The summed E-state index contributed by atoms with van der Waals surface area (Å²) in [6, 6.07) is 3.95. The van der Waals surface area contributed by atoms with Crippen molar-refractivity contribution in [2.24, 2.45) is 0 Å². The number of aromatic amines is 1. The minimum absolute atomic E-state index is 0.0110. The van der Waals surface area contributed by atoms with Crippen LogP contribution in [0, 0.1) is 6.92 Å². The van der Waals surface area contributed by atoms with Gasteiger partial charge in [0.25, 0.3) is 0 Å². The zero-order chi connectivity index (χ0) is 16.4. The van der Waals surface area contributed by atoms with E-state index in [9.17, 15) is 13.2 Å². The van der Waals surface area contributed by atoms with Gasteiger partial charge in [-0.25, -0.2) is 4.98 Å². The van der Waals surface area contributed by atoms with Gasteiger partial charge in [0, 0.05) is 30.9 Å². The normalized spacial score (nSPS) is 19.9. The predicted octanol–water partition coefficient (Wildman–Crippen LogP) is 3.51. The van der Waals surface area contributed by atoms with Gasteiger partial charge in [-0.1, -0.05) is 6.07 Å². The Morgan fingerprint density at radius 3 is 2.87 bits per heavy atom. The lowest BCUT2D eigenvalue weighted by atomic mass is 9.97. The van der Waals surface area contributed by atoms with Crippen LogP contribution in [0.3, 0.4) is 0 Å². The molecule has 4 nitrogen and oxygen atoms in total. The first-order valence-electron chi connectivity index (χ1n) is 7.68. The quantitative estimate of drug-likeness (QED) is 0.940. The van der Waals surface area contributed by atoms with E-state index in [2.05, 4.69) is 19.9 Å². The van der Waals surface area contributed by atoms with E-state index in [1.54, 1.807) is 6.20 Å². The predicted molar refractivity (Wildman–Crippen MR) is 79.8 cm³/mol. The lowest BCUT2D eigenvalue weighted by Gasteiger charge is -2.32. The topological polar surface area (TPSA) is 44.8 Å². The van der Waals surface area contributed by atoms with Crippen LogP contribution in [0.25, 0.3) is 0 Å². The molecule has 0 aliphatic carbocycles. The number of aryl methyl sites for hydroxylation is 1. The number of pyridine rings is 1. The van der Waals surface area contributed by atoms with E-state index in [1.165, 1.54) is 0 Å². The van der Waals surface area contributed by atoms with Crippen LogP contribution in [-0.2, 0) is 12.7 Å². The molecule has 23 heavy (non-hydrogen) atoms. The fraction of sp³-hybridized carbons (Fsp3) is 0.500. The smallest absolute Gasteiger partial charge is 0.338 e. The molecule has 1 unspecified atom stereocenters. The molecule has 3 rings (SSSR count). The highest BCUT2D eigenvalue weighted by atomic mass is 19.4. The number of H-pyrrole nitrogens is 1. The monoisotopic (exact) mass is 324 g/mol. The number of nitrogens with one attached hydrogen (secondary N) is 1. The molecule has 1 aliphatic heterocycles. The van der Waals surface area contributed by atoms with Gasteiger partial charge in [0.05, 0.1) is 6.20 Å². The van der Waals surface area contributed by atoms with Gasteiger partial charge in [-0.2, -0.15) is 13.2 Å². The fourth-order valence-electron chi connectivity index (χ4n) is 3.04. The summed E-state index contributed by atoms with van der Waals surface area (Å²) in [7, 11) is 0. The molecule has 1 atom stereocenters. The molecule has 0 spiro atoms. The number of rotatable bonds is 3. The van der Waals surface area contributed by atoms with Crippen molar-refractivity contribution in [1.29, 1.82) is 0 Å². The second kappa shape index (κ2) is 6.31. The van der Waals surface area contributed by atoms with Crippen molar-refractivity contribution in [3.05, 3.63) is 47.3 Å². The Balaban J connectivity index is 1.69.